The number of primary sulfonamides is 1. The van der Waals surface area contributed by atoms with Gasteiger partial charge in [-0.15, -0.1) is 0 Å². The van der Waals surface area contributed by atoms with Crippen LogP contribution in [-0.4, -0.2) is 22.1 Å². The number of para-hydroxylation sites is 1. The second kappa shape index (κ2) is 11.0. The Hall–Kier alpha value is -2.29. The van der Waals surface area contributed by atoms with Crippen LogP contribution in [0.25, 0.3) is 0 Å². The molecule has 0 fully saturated rings. The smallest absolute Gasteiger partial charge is 0.238 e. The number of sulfonamides is 1. The molecule has 0 radical (unpaired) electrons. The van der Waals surface area contributed by atoms with Gasteiger partial charge in [0, 0.05) is 27.7 Å². The lowest BCUT2D eigenvalue weighted by Gasteiger charge is -2.16. The van der Waals surface area contributed by atoms with Crippen molar-refractivity contribution < 1.29 is 17.9 Å². The van der Waals surface area contributed by atoms with Gasteiger partial charge in [0.25, 0.3) is 0 Å². The van der Waals surface area contributed by atoms with E-state index in [2.05, 4.69) is 5.32 Å². The van der Waals surface area contributed by atoms with Gasteiger partial charge in [-0.05, 0) is 48.9 Å². The number of hydrogen-bond donors (Lipinski definition) is 2. The van der Waals surface area contributed by atoms with Crippen LogP contribution in [0.15, 0.2) is 65.6 Å². The van der Waals surface area contributed by atoms with Crippen LogP contribution in [0.4, 0.5) is 0 Å². The summed E-state index contributed by atoms with van der Waals surface area (Å²) in [4.78, 5) is 0.105. The van der Waals surface area contributed by atoms with E-state index in [9.17, 15) is 8.42 Å². The highest BCUT2D eigenvalue weighted by Crippen LogP contribution is 2.32. The molecule has 0 amide bonds. The fourth-order valence-corrected chi connectivity index (χ4v) is 4.09. The lowest BCUT2D eigenvalue weighted by Crippen LogP contribution is -2.17. The van der Waals surface area contributed by atoms with E-state index in [1.165, 1.54) is 12.1 Å². The zero-order valence-electron chi connectivity index (χ0n) is 17.5. The standard InChI is InChI=1S/C23H24Cl2N2O4S/c1-30-22-4-2-3-17(23(22)31-15-18-7-8-19(24)13-21(18)25)14-27-12-11-16-5-9-20(10-6-16)32(26,28)29/h2-10,13,27H,11-12,14-15H2,1H3,(H2,26,28,29). The Morgan fingerprint density at radius 2 is 1.75 bits per heavy atom. The Balaban J connectivity index is 1.61. The normalized spacial score (nSPS) is 11.4. The van der Waals surface area contributed by atoms with Gasteiger partial charge in [0.2, 0.25) is 10.0 Å². The van der Waals surface area contributed by atoms with Gasteiger partial charge < -0.3 is 14.8 Å². The van der Waals surface area contributed by atoms with Gasteiger partial charge in [-0.3, -0.25) is 0 Å². The Morgan fingerprint density at radius 1 is 1.00 bits per heavy atom. The van der Waals surface area contributed by atoms with Gasteiger partial charge in [-0.2, -0.15) is 0 Å². The number of nitrogens with one attached hydrogen (secondary N) is 1. The average Bonchev–Trinajstić information content (AvgIpc) is 2.76. The van der Waals surface area contributed by atoms with Crippen LogP contribution >= 0.6 is 23.2 Å². The van der Waals surface area contributed by atoms with Gasteiger partial charge in [0.15, 0.2) is 11.5 Å². The number of rotatable bonds is 10. The molecule has 0 aliphatic carbocycles. The second-order valence-corrected chi connectivity index (χ2v) is 9.49. The van der Waals surface area contributed by atoms with Crippen molar-refractivity contribution in [2.45, 2.75) is 24.5 Å². The monoisotopic (exact) mass is 494 g/mol. The molecule has 0 heterocycles. The molecule has 6 nitrogen and oxygen atoms in total. The summed E-state index contributed by atoms with van der Waals surface area (Å²) in [6.07, 6.45) is 0.728. The Bertz CT molecular complexity index is 1170. The molecular weight excluding hydrogens is 471 g/mol. The van der Waals surface area contributed by atoms with Gasteiger partial charge in [0.05, 0.1) is 12.0 Å². The summed E-state index contributed by atoms with van der Waals surface area (Å²) in [7, 11) is -2.08. The SMILES string of the molecule is COc1cccc(CNCCc2ccc(S(N)(=O)=O)cc2)c1OCc1ccc(Cl)cc1Cl. The molecule has 0 unspecified atom stereocenters. The van der Waals surface area contributed by atoms with Crippen LogP contribution in [0.2, 0.25) is 10.0 Å². The van der Waals surface area contributed by atoms with Gasteiger partial charge in [-0.25, -0.2) is 13.6 Å². The number of halogens is 2. The van der Waals surface area contributed by atoms with Crippen molar-refractivity contribution in [2.75, 3.05) is 13.7 Å². The summed E-state index contributed by atoms with van der Waals surface area (Å²) in [5, 5.41) is 9.63. The van der Waals surface area contributed by atoms with Crippen LogP contribution in [-0.2, 0) is 29.6 Å². The summed E-state index contributed by atoms with van der Waals surface area (Å²) < 4.78 is 34.2. The first-order valence-electron chi connectivity index (χ1n) is 9.83. The van der Waals surface area contributed by atoms with E-state index in [4.69, 9.17) is 37.8 Å². The number of benzene rings is 3. The third-order valence-corrected chi connectivity index (χ3v) is 6.34. The fraction of sp³-hybridized carbons (Fsp3) is 0.217. The molecule has 0 spiro atoms. The second-order valence-electron chi connectivity index (χ2n) is 7.09. The van der Waals surface area contributed by atoms with E-state index in [1.54, 1.807) is 31.4 Å². The van der Waals surface area contributed by atoms with Crippen molar-refractivity contribution >= 4 is 33.2 Å². The molecule has 0 bridgehead atoms. The minimum atomic E-state index is -3.68. The van der Waals surface area contributed by atoms with Crippen molar-refractivity contribution in [3.8, 4) is 11.5 Å². The number of ether oxygens (including phenoxy) is 2. The number of methoxy groups -OCH3 is 1. The average molecular weight is 495 g/mol. The van der Waals surface area contributed by atoms with Crippen molar-refractivity contribution in [3.05, 3.63) is 87.4 Å². The molecule has 32 heavy (non-hydrogen) atoms. The molecular formula is C23H24Cl2N2O4S. The number of hydrogen-bond acceptors (Lipinski definition) is 5. The molecule has 3 rings (SSSR count). The van der Waals surface area contributed by atoms with Crippen LogP contribution in [0.5, 0.6) is 11.5 Å². The van der Waals surface area contributed by atoms with E-state index in [1.807, 2.05) is 24.3 Å². The molecule has 0 saturated heterocycles. The lowest BCUT2D eigenvalue weighted by molar-refractivity contribution is 0.281. The fourth-order valence-electron chi connectivity index (χ4n) is 3.12. The minimum absolute atomic E-state index is 0.105. The van der Waals surface area contributed by atoms with Crippen molar-refractivity contribution in [1.82, 2.24) is 5.32 Å². The van der Waals surface area contributed by atoms with Crippen molar-refractivity contribution in [1.29, 1.82) is 0 Å². The summed E-state index contributed by atoms with van der Waals surface area (Å²) in [5.74, 6) is 1.28. The van der Waals surface area contributed by atoms with Gasteiger partial charge in [0.1, 0.15) is 6.61 Å². The summed E-state index contributed by atoms with van der Waals surface area (Å²) in [6, 6.07) is 17.6. The molecule has 0 aliphatic rings. The van der Waals surface area contributed by atoms with Crippen molar-refractivity contribution in [2.24, 2.45) is 5.14 Å². The molecule has 0 aliphatic heterocycles. The van der Waals surface area contributed by atoms with Crippen LogP contribution in [0.3, 0.4) is 0 Å². The molecule has 0 aromatic heterocycles. The summed E-state index contributed by atoms with van der Waals surface area (Å²) in [5.41, 5.74) is 2.77. The Kier molecular flexibility index (Phi) is 8.39. The Labute approximate surface area is 198 Å². The third-order valence-electron chi connectivity index (χ3n) is 4.83. The maximum atomic E-state index is 11.4. The molecule has 3 aromatic carbocycles. The first kappa shape index (κ1) is 24.4. The predicted molar refractivity (Wildman–Crippen MR) is 127 cm³/mol. The first-order valence-corrected chi connectivity index (χ1v) is 12.1. The highest BCUT2D eigenvalue weighted by atomic mass is 35.5. The molecule has 170 valence electrons. The molecule has 0 atom stereocenters. The molecule has 9 heteroatoms. The maximum Gasteiger partial charge on any atom is 0.238 e. The van der Waals surface area contributed by atoms with Crippen LogP contribution < -0.4 is 19.9 Å². The highest BCUT2D eigenvalue weighted by Gasteiger charge is 2.12. The van der Waals surface area contributed by atoms with E-state index in [0.717, 1.165) is 23.1 Å². The van der Waals surface area contributed by atoms with Gasteiger partial charge in [-0.1, -0.05) is 53.5 Å². The summed E-state index contributed by atoms with van der Waals surface area (Å²) in [6.45, 7) is 1.53. The van der Waals surface area contributed by atoms with E-state index in [0.29, 0.717) is 34.6 Å². The van der Waals surface area contributed by atoms with Crippen LogP contribution in [0.1, 0.15) is 16.7 Å². The zero-order valence-corrected chi connectivity index (χ0v) is 19.8. The lowest BCUT2D eigenvalue weighted by atomic mass is 10.1. The van der Waals surface area contributed by atoms with Crippen molar-refractivity contribution in [3.63, 3.8) is 0 Å². The number of nitrogens with two attached hydrogens (primary N) is 1. The quantitative estimate of drug-likeness (QED) is 0.403. The first-order chi connectivity index (χ1) is 15.3. The molecule has 0 saturated carbocycles. The highest BCUT2D eigenvalue weighted by molar-refractivity contribution is 7.89. The maximum absolute atomic E-state index is 11.4. The van der Waals surface area contributed by atoms with E-state index in [-0.39, 0.29) is 11.5 Å². The third kappa shape index (κ3) is 6.60. The van der Waals surface area contributed by atoms with Gasteiger partial charge >= 0.3 is 0 Å². The largest absolute Gasteiger partial charge is 0.493 e. The topological polar surface area (TPSA) is 90.6 Å². The van der Waals surface area contributed by atoms with E-state index >= 15 is 0 Å². The minimum Gasteiger partial charge on any atom is -0.493 e. The Morgan fingerprint density at radius 3 is 2.41 bits per heavy atom. The summed E-state index contributed by atoms with van der Waals surface area (Å²) >= 11 is 12.2. The zero-order chi connectivity index (χ0) is 23.1. The molecule has 3 aromatic rings. The van der Waals surface area contributed by atoms with Crippen LogP contribution in [0, 0.1) is 0 Å². The molecule has 3 N–H and O–H groups in total. The predicted octanol–water partition coefficient (Wildman–Crippen LogP) is 4.56. The van der Waals surface area contributed by atoms with E-state index < -0.39 is 10.0 Å².